The Hall–Kier alpha value is -2.94. The lowest BCUT2D eigenvalue weighted by molar-refractivity contribution is -0.108. The lowest BCUT2D eigenvalue weighted by Crippen LogP contribution is -2.13. The van der Waals surface area contributed by atoms with Gasteiger partial charge < -0.3 is 9.78 Å². The normalized spacial score (nSPS) is 19.9. The fraction of sp³-hybridized carbons (Fsp3) is 0.357. The van der Waals surface area contributed by atoms with Gasteiger partial charge in [-0.25, -0.2) is 4.98 Å². The van der Waals surface area contributed by atoms with Crippen LogP contribution in [-0.2, 0) is 11.2 Å². The largest absolute Gasteiger partial charge is 0.338 e. The Labute approximate surface area is 186 Å². The van der Waals surface area contributed by atoms with E-state index < -0.39 is 0 Å². The molecule has 1 N–H and O–H groups in total. The zero-order chi connectivity index (χ0) is 22.1. The zero-order valence-corrected chi connectivity index (χ0v) is 18.8. The van der Waals surface area contributed by atoms with E-state index in [1.54, 1.807) is 6.08 Å². The second kappa shape index (κ2) is 11.5. The number of aldehydes is 1. The van der Waals surface area contributed by atoms with Crippen molar-refractivity contribution in [2.45, 2.75) is 58.3 Å². The SMILES string of the molecule is C=Cc1nc(C(/C=C\Cc2ccc(C3CCC(CC=O)CC3)cc2)=C/C)[nH]c1/C=C\C. The summed E-state index contributed by atoms with van der Waals surface area (Å²) in [5, 5.41) is 0. The predicted octanol–water partition coefficient (Wildman–Crippen LogP) is 7.15. The molecular weight excluding hydrogens is 380 g/mol. The van der Waals surface area contributed by atoms with E-state index >= 15 is 0 Å². The first kappa shape index (κ1) is 22.7. The summed E-state index contributed by atoms with van der Waals surface area (Å²) in [6.45, 7) is 7.88. The number of carbonyl (C=O) groups excluding carboxylic acids is 1. The molecule has 0 amide bonds. The van der Waals surface area contributed by atoms with Crippen molar-refractivity contribution in [3.63, 3.8) is 0 Å². The van der Waals surface area contributed by atoms with Crippen molar-refractivity contribution < 1.29 is 4.79 Å². The molecule has 1 aromatic carbocycles. The number of carbonyl (C=O) groups is 1. The standard InChI is InChI=1S/C28H34N2O/c1-4-8-27-26(6-3)29-28(30-27)23(5-2)10-7-9-21-11-15-24(16-12-21)25-17-13-22(14-18-25)19-20-31/h4-8,10-12,15-16,20,22,25H,3,9,13-14,17-19H2,1-2H3,(H,29,30)/b8-4-,10-7-,23-5+. The van der Waals surface area contributed by atoms with Crippen molar-refractivity contribution >= 4 is 24.0 Å². The van der Waals surface area contributed by atoms with Crippen molar-refractivity contribution in [2.24, 2.45) is 5.92 Å². The lowest BCUT2D eigenvalue weighted by atomic mass is 9.77. The number of aromatic nitrogens is 2. The Morgan fingerprint density at radius 2 is 1.90 bits per heavy atom. The number of allylic oxidation sites excluding steroid dienone is 5. The third kappa shape index (κ3) is 6.04. The van der Waals surface area contributed by atoms with Crippen LogP contribution in [0.1, 0.15) is 80.2 Å². The van der Waals surface area contributed by atoms with Crippen LogP contribution in [-0.4, -0.2) is 16.3 Å². The van der Waals surface area contributed by atoms with Gasteiger partial charge in [-0.1, -0.05) is 55.1 Å². The summed E-state index contributed by atoms with van der Waals surface area (Å²) in [6, 6.07) is 9.08. The molecular formula is C28H34N2O. The van der Waals surface area contributed by atoms with Crippen LogP contribution in [0.4, 0.5) is 0 Å². The molecule has 1 fully saturated rings. The van der Waals surface area contributed by atoms with Crippen LogP contribution in [0.25, 0.3) is 17.7 Å². The summed E-state index contributed by atoms with van der Waals surface area (Å²) in [4.78, 5) is 18.8. The van der Waals surface area contributed by atoms with Gasteiger partial charge in [0, 0.05) is 12.0 Å². The predicted molar refractivity (Wildman–Crippen MR) is 132 cm³/mol. The summed E-state index contributed by atoms with van der Waals surface area (Å²) in [6.07, 6.45) is 19.7. The molecule has 1 aromatic heterocycles. The molecule has 162 valence electrons. The zero-order valence-electron chi connectivity index (χ0n) is 18.8. The number of rotatable bonds is 9. The molecule has 1 aliphatic rings. The molecule has 2 aromatic rings. The number of imidazole rings is 1. The van der Waals surface area contributed by atoms with Gasteiger partial charge >= 0.3 is 0 Å². The van der Waals surface area contributed by atoms with Crippen molar-refractivity contribution in [2.75, 3.05) is 0 Å². The molecule has 3 rings (SSSR count). The van der Waals surface area contributed by atoms with E-state index in [-0.39, 0.29) is 0 Å². The van der Waals surface area contributed by atoms with E-state index in [4.69, 9.17) is 0 Å². The van der Waals surface area contributed by atoms with Gasteiger partial charge in [-0.15, -0.1) is 0 Å². The summed E-state index contributed by atoms with van der Waals surface area (Å²) in [7, 11) is 0. The van der Waals surface area contributed by atoms with Crippen LogP contribution in [0.5, 0.6) is 0 Å². The third-order valence-electron chi connectivity index (χ3n) is 6.25. The molecule has 0 radical (unpaired) electrons. The highest BCUT2D eigenvalue weighted by Crippen LogP contribution is 2.36. The lowest BCUT2D eigenvalue weighted by Gasteiger charge is -2.27. The Morgan fingerprint density at radius 1 is 1.16 bits per heavy atom. The van der Waals surface area contributed by atoms with E-state index in [9.17, 15) is 4.79 Å². The number of nitrogens with one attached hydrogen (secondary N) is 1. The summed E-state index contributed by atoms with van der Waals surface area (Å²) < 4.78 is 0. The first-order chi connectivity index (χ1) is 15.2. The van der Waals surface area contributed by atoms with Gasteiger partial charge in [0.15, 0.2) is 0 Å². The van der Waals surface area contributed by atoms with Crippen LogP contribution in [0.2, 0.25) is 0 Å². The molecule has 1 aliphatic carbocycles. The highest BCUT2D eigenvalue weighted by molar-refractivity contribution is 5.72. The average Bonchev–Trinajstić information content (AvgIpc) is 3.21. The monoisotopic (exact) mass is 414 g/mol. The number of hydrogen-bond donors (Lipinski definition) is 1. The molecule has 31 heavy (non-hydrogen) atoms. The second-order valence-corrected chi connectivity index (χ2v) is 8.30. The molecule has 3 nitrogen and oxygen atoms in total. The maximum Gasteiger partial charge on any atom is 0.138 e. The smallest absolute Gasteiger partial charge is 0.138 e. The molecule has 0 unspecified atom stereocenters. The van der Waals surface area contributed by atoms with Gasteiger partial charge in [0.25, 0.3) is 0 Å². The van der Waals surface area contributed by atoms with Crippen LogP contribution >= 0.6 is 0 Å². The van der Waals surface area contributed by atoms with Crippen molar-refractivity contribution in [1.29, 1.82) is 0 Å². The Morgan fingerprint density at radius 3 is 2.52 bits per heavy atom. The first-order valence-electron chi connectivity index (χ1n) is 11.4. The van der Waals surface area contributed by atoms with Crippen molar-refractivity contribution in [3.8, 4) is 0 Å². The highest BCUT2D eigenvalue weighted by atomic mass is 16.1. The third-order valence-corrected chi connectivity index (χ3v) is 6.25. The molecule has 1 heterocycles. The van der Waals surface area contributed by atoms with Gasteiger partial charge in [-0.05, 0) is 81.1 Å². The quantitative estimate of drug-likeness (QED) is 0.350. The van der Waals surface area contributed by atoms with Crippen LogP contribution in [0.3, 0.4) is 0 Å². The van der Waals surface area contributed by atoms with Crippen LogP contribution < -0.4 is 0 Å². The van der Waals surface area contributed by atoms with Crippen molar-refractivity contribution in [1.82, 2.24) is 9.97 Å². The first-order valence-corrected chi connectivity index (χ1v) is 11.4. The van der Waals surface area contributed by atoms with Gasteiger partial charge in [0.05, 0.1) is 11.4 Å². The van der Waals surface area contributed by atoms with Gasteiger partial charge in [-0.3, -0.25) is 0 Å². The van der Waals surface area contributed by atoms with Crippen LogP contribution in [0.15, 0.2) is 55.1 Å². The second-order valence-electron chi connectivity index (χ2n) is 8.30. The fourth-order valence-electron chi connectivity index (χ4n) is 4.41. The maximum atomic E-state index is 10.7. The Balaban J connectivity index is 1.59. The summed E-state index contributed by atoms with van der Waals surface area (Å²) in [5.74, 6) is 2.11. The van der Waals surface area contributed by atoms with E-state index in [0.29, 0.717) is 11.8 Å². The van der Waals surface area contributed by atoms with E-state index in [1.165, 1.54) is 36.8 Å². The minimum atomic E-state index is 0.602. The highest BCUT2D eigenvalue weighted by Gasteiger charge is 2.21. The average molecular weight is 415 g/mol. The molecule has 0 spiro atoms. The molecule has 0 saturated heterocycles. The van der Waals surface area contributed by atoms with E-state index in [2.05, 4.69) is 59.0 Å². The molecule has 3 heteroatoms. The molecule has 0 aliphatic heterocycles. The number of nitrogens with zero attached hydrogens (tertiary/aromatic N) is 1. The van der Waals surface area contributed by atoms with Crippen LogP contribution in [0, 0.1) is 5.92 Å². The molecule has 0 atom stereocenters. The minimum absolute atomic E-state index is 0.602. The number of hydrogen-bond acceptors (Lipinski definition) is 2. The Kier molecular flexibility index (Phi) is 8.40. The van der Waals surface area contributed by atoms with Gasteiger partial charge in [0.2, 0.25) is 0 Å². The summed E-state index contributed by atoms with van der Waals surface area (Å²) >= 11 is 0. The van der Waals surface area contributed by atoms with E-state index in [1.807, 2.05) is 26.0 Å². The maximum absolute atomic E-state index is 10.7. The van der Waals surface area contributed by atoms with Gasteiger partial charge in [-0.2, -0.15) is 0 Å². The summed E-state index contributed by atoms with van der Waals surface area (Å²) in [5.41, 5.74) is 5.68. The minimum Gasteiger partial charge on any atom is -0.338 e. The van der Waals surface area contributed by atoms with Gasteiger partial charge in [0.1, 0.15) is 12.1 Å². The topological polar surface area (TPSA) is 45.8 Å². The van der Waals surface area contributed by atoms with E-state index in [0.717, 1.165) is 41.9 Å². The fourth-order valence-corrected chi connectivity index (χ4v) is 4.41. The van der Waals surface area contributed by atoms with Crippen molar-refractivity contribution in [3.05, 3.63) is 83.5 Å². The number of benzene rings is 1. The Bertz CT molecular complexity index is 951. The molecule has 1 saturated carbocycles. The number of H-pyrrole nitrogens is 1. The number of aromatic amines is 1. The molecule has 0 bridgehead atoms.